The molecule has 4 aliphatic rings. The first-order chi connectivity index (χ1) is 63.2. The zero-order valence-electron chi connectivity index (χ0n) is 70.3. The number of imidazole rings is 4. The summed E-state index contributed by atoms with van der Waals surface area (Å²) >= 11 is 3.02. The quantitative estimate of drug-likeness (QED) is 0.0718. The largest absolute Gasteiger partial charge is 0.432 e. The number of rotatable bonds is 20. The van der Waals surface area contributed by atoms with Crippen LogP contribution in [0.25, 0.3) is 89.2 Å². The molecule has 0 bridgehead atoms. The number of hydrogen-bond donors (Lipinski definition) is 2. The van der Waals surface area contributed by atoms with E-state index < -0.39 is 11.7 Å². The number of aromatic nitrogens is 14. The molecule has 31 heteroatoms. The number of alkyl halides is 3. The molecule has 18 aromatic rings. The molecule has 4 fully saturated rings. The summed E-state index contributed by atoms with van der Waals surface area (Å²) in [6.45, 7) is 7.23. The number of pyridine rings is 2. The topological polar surface area (TPSA) is 262 Å². The number of halogens is 3. The molecule has 16 heterocycles. The van der Waals surface area contributed by atoms with Gasteiger partial charge in [0.15, 0.2) is 9.92 Å². The molecular formula is C98H89F3N20O6S2. The summed E-state index contributed by atoms with van der Waals surface area (Å²) in [5.74, 6) is 1.90. The Labute approximate surface area is 747 Å². The van der Waals surface area contributed by atoms with Gasteiger partial charge in [-0.1, -0.05) is 188 Å². The van der Waals surface area contributed by atoms with Crippen molar-refractivity contribution in [2.24, 2.45) is 0 Å². The Morgan fingerprint density at radius 3 is 1.09 bits per heavy atom. The fourth-order valence-electron chi connectivity index (χ4n) is 17.5. The van der Waals surface area contributed by atoms with Gasteiger partial charge >= 0.3 is 17.9 Å². The predicted octanol–water partition coefficient (Wildman–Crippen LogP) is 19.2. The van der Waals surface area contributed by atoms with Crippen LogP contribution < -0.4 is 10.6 Å². The van der Waals surface area contributed by atoms with Crippen LogP contribution in [0.15, 0.2) is 300 Å². The number of anilines is 2. The molecule has 0 saturated carbocycles. The van der Waals surface area contributed by atoms with E-state index in [1.54, 1.807) is 45.1 Å². The molecule has 4 amide bonds. The number of amides is 4. The van der Waals surface area contributed by atoms with E-state index in [0.717, 1.165) is 155 Å². The van der Waals surface area contributed by atoms with E-state index in [2.05, 4.69) is 54.8 Å². The van der Waals surface area contributed by atoms with Crippen molar-refractivity contribution >= 4 is 79.5 Å². The Morgan fingerprint density at radius 1 is 0.388 bits per heavy atom. The van der Waals surface area contributed by atoms with Gasteiger partial charge in [-0.3, -0.25) is 46.1 Å². The second kappa shape index (κ2) is 37.4. The van der Waals surface area contributed by atoms with Gasteiger partial charge in [0.05, 0.1) is 42.1 Å². The van der Waals surface area contributed by atoms with Crippen LogP contribution in [0.4, 0.5) is 24.8 Å². The summed E-state index contributed by atoms with van der Waals surface area (Å²) in [5, 5.41) is 19.9. The molecule has 12 aromatic heterocycles. The van der Waals surface area contributed by atoms with Crippen LogP contribution in [-0.2, 0) is 19.3 Å². The number of likely N-dealkylation sites (tertiary alicyclic amines) is 4. The number of nitrogens with zero attached hydrogens (tertiary/aromatic N) is 18. The minimum Gasteiger partial charge on any atom is -0.432 e. The first-order valence-electron chi connectivity index (χ1n) is 43.1. The molecule has 4 aliphatic heterocycles. The van der Waals surface area contributed by atoms with Crippen molar-refractivity contribution in [1.82, 2.24) is 86.7 Å². The molecule has 2 N–H and O–H groups in total. The average molecular weight is 1760 g/mol. The van der Waals surface area contributed by atoms with E-state index in [1.165, 1.54) is 17.4 Å². The summed E-state index contributed by atoms with van der Waals surface area (Å²) in [4.78, 5) is 91.4. The van der Waals surface area contributed by atoms with Crippen molar-refractivity contribution in [3.63, 3.8) is 0 Å². The number of nitrogens with one attached hydrogen (secondary N) is 2. The van der Waals surface area contributed by atoms with E-state index in [4.69, 9.17) is 29.0 Å². The highest BCUT2D eigenvalue weighted by Gasteiger charge is 2.40. The summed E-state index contributed by atoms with van der Waals surface area (Å²) < 4.78 is 60.4. The molecule has 129 heavy (non-hydrogen) atoms. The van der Waals surface area contributed by atoms with E-state index in [0.29, 0.717) is 90.1 Å². The molecule has 4 atom stereocenters. The molecule has 22 rings (SSSR count). The third-order valence-corrected chi connectivity index (χ3v) is 25.4. The van der Waals surface area contributed by atoms with E-state index in [1.807, 2.05) is 268 Å². The van der Waals surface area contributed by atoms with Crippen LogP contribution in [0, 0.1) is 6.92 Å². The van der Waals surface area contributed by atoms with Crippen molar-refractivity contribution in [2.45, 2.75) is 102 Å². The van der Waals surface area contributed by atoms with E-state index in [-0.39, 0.29) is 47.8 Å². The fourth-order valence-corrected chi connectivity index (χ4v) is 18.9. The summed E-state index contributed by atoms with van der Waals surface area (Å²) in [7, 11) is 0. The summed E-state index contributed by atoms with van der Waals surface area (Å²) in [6, 6.07) is 70.0. The molecule has 0 radical (unpaired) electrons. The van der Waals surface area contributed by atoms with Gasteiger partial charge in [0, 0.05) is 145 Å². The van der Waals surface area contributed by atoms with E-state index in [9.17, 15) is 32.3 Å². The SMILES string of the molecule is Cc1ccc(NC[C@@H]2CCCN2C(=O)c2c(-c3ccccc3)nc3occn23)nc1.O=C(c1c(-c2ccccc2)nc2occn12)N1CCC[C@H]1Cn1ccc(-c2ccccc2)n1.O=C(c1c(-c2ccccc2)nc2sccn12)N1CCC[C@H]1CNc1ccc(C(F)(F)F)cn1.O=C(c1c(-c2ccccc2)nc2sccn12)N1CCC[C@H]1Cn1ccc(-c2ccccc2)n1. The van der Waals surface area contributed by atoms with Gasteiger partial charge in [-0.15, -0.1) is 22.7 Å². The van der Waals surface area contributed by atoms with Crippen LogP contribution in [0.3, 0.4) is 0 Å². The van der Waals surface area contributed by atoms with Gasteiger partial charge in [0.1, 0.15) is 69.7 Å². The lowest BCUT2D eigenvalue weighted by Gasteiger charge is -2.25. The second-order valence-electron chi connectivity index (χ2n) is 32.1. The number of benzene rings is 6. The van der Waals surface area contributed by atoms with Gasteiger partial charge in [0.25, 0.3) is 23.6 Å². The lowest BCUT2D eigenvalue weighted by Crippen LogP contribution is -2.40. The highest BCUT2D eigenvalue weighted by Crippen LogP contribution is 2.37. The Hall–Kier alpha value is -14.9. The first kappa shape index (κ1) is 83.7. The maximum absolute atomic E-state index is 13.9. The third-order valence-electron chi connectivity index (χ3n) is 23.9. The van der Waals surface area contributed by atoms with Crippen molar-refractivity contribution in [3.8, 4) is 67.5 Å². The molecule has 0 aliphatic carbocycles. The van der Waals surface area contributed by atoms with E-state index >= 15 is 0 Å². The number of oxazole rings is 2. The maximum Gasteiger partial charge on any atom is 0.417 e. The Balaban J connectivity index is 0.000000112. The van der Waals surface area contributed by atoms with Crippen LogP contribution in [0.5, 0.6) is 0 Å². The summed E-state index contributed by atoms with van der Waals surface area (Å²) in [6.07, 6.45) is 20.1. The van der Waals surface area contributed by atoms with Crippen molar-refractivity contribution < 1.29 is 41.2 Å². The third kappa shape index (κ3) is 17.9. The molecule has 6 aromatic carbocycles. The minimum absolute atomic E-state index is 0.0241. The molecule has 0 spiro atoms. The van der Waals surface area contributed by atoms with Crippen LogP contribution in [0.2, 0.25) is 0 Å². The predicted molar refractivity (Wildman–Crippen MR) is 490 cm³/mol. The van der Waals surface area contributed by atoms with Gasteiger partial charge < -0.3 is 39.1 Å². The maximum atomic E-state index is 13.9. The van der Waals surface area contributed by atoms with Gasteiger partial charge in [-0.25, -0.2) is 19.9 Å². The molecule has 4 saturated heterocycles. The second-order valence-corrected chi connectivity index (χ2v) is 33.8. The number of hydrogen-bond acceptors (Lipinski definition) is 18. The number of fused-ring (bicyclic) bond motifs is 4. The van der Waals surface area contributed by atoms with Crippen molar-refractivity contribution in [2.75, 3.05) is 49.9 Å². The monoisotopic (exact) mass is 1760 g/mol. The van der Waals surface area contributed by atoms with Gasteiger partial charge in [0.2, 0.25) is 0 Å². The molecule has 26 nitrogen and oxygen atoms in total. The highest BCUT2D eigenvalue weighted by atomic mass is 32.1. The highest BCUT2D eigenvalue weighted by molar-refractivity contribution is 7.15. The Bertz CT molecular complexity index is 6670. The van der Waals surface area contributed by atoms with Gasteiger partial charge in [-0.05, 0) is 94.2 Å². The van der Waals surface area contributed by atoms with Crippen LogP contribution in [-0.4, -0.2) is 174 Å². The zero-order valence-corrected chi connectivity index (χ0v) is 71.9. The first-order valence-corrected chi connectivity index (χ1v) is 44.8. The molecule has 650 valence electrons. The normalized spacial score (nSPS) is 16.2. The number of aryl methyl sites for hydroxylation is 1. The number of carbonyl (C=O) groups excluding carboxylic acids is 4. The number of carbonyl (C=O) groups is 4. The average Bonchev–Trinajstić information content (AvgIpc) is 1.62. The van der Waals surface area contributed by atoms with Crippen LogP contribution in [0.1, 0.15) is 104 Å². The Kier molecular flexibility index (Phi) is 24.2. The Morgan fingerprint density at radius 2 is 0.729 bits per heavy atom. The zero-order chi connectivity index (χ0) is 87.9. The van der Waals surface area contributed by atoms with Gasteiger partial charge in [-0.2, -0.15) is 33.3 Å². The number of thiazole rings is 2. The van der Waals surface area contributed by atoms with Crippen LogP contribution >= 0.6 is 22.7 Å². The smallest absolute Gasteiger partial charge is 0.417 e. The standard InChI is InChI=1S/C26H23N5O2.C26H23N5OS.C23H20F3N5OS.C23H23N5O2/c2*32-25(24-23(20-10-5-2-6-11-20)27-26-31(24)16-17-33-26)30-14-7-12-21(30)18-29-15-13-22(28-29)19-8-3-1-4-9-19;24-23(25,26)16-8-9-18(27-13-16)28-14-17-7-4-10-30(17)21(32)20-19(15-5-2-1-3-6-15)29-22-31(20)11-12-33-22;1-16-9-10-19(24-14-16)25-15-18-8-5-11-27(18)22(29)21-20(17-6-3-2-4-7-17)26-23-28(21)12-13-30-23/h2*1-6,8-11,13,15-17,21H,7,12,14,18H2;1-3,5-6,8-9,11-13,17H,4,7,10,14H2,(H,27,28);2-4,6-7,9-10,12-14,18H,5,8,11,15H2,1H3,(H,24,25)/t2*21-;17-;18-/m0000/s1. The fraction of sp³-hybridized carbons (Fsp3) is 0.224. The molecular weight excluding hydrogens is 1670 g/mol. The van der Waals surface area contributed by atoms with Crippen molar-refractivity contribution in [1.29, 1.82) is 0 Å². The molecule has 0 unspecified atom stereocenters. The van der Waals surface area contributed by atoms with Crippen molar-refractivity contribution in [3.05, 3.63) is 325 Å². The lowest BCUT2D eigenvalue weighted by atomic mass is 10.1. The lowest BCUT2D eigenvalue weighted by molar-refractivity contribution is -0.137. The summed E-state index contributed by atoms with van der Waals surface area (Å²) in [5.41, 5.74) is 13.0. The minimum atomic E-state index is -4.42.